The highest BCUT2D eigenvalue weighted by molar-refractivity contribution is 5.49. The maximum Gasteiger partial charge on any atom is 0.134 e. The molecule has 0 amide bonds. The molecule has 0 spiro atoms. The largest absolute Gasteiger partial charge is 0.367 e. The molecule has 5 heteroatoms. The number of nitrogens with one attached hydrogen (secondary N) is 2. The highest BCUT2D eigenvalue weighted by Gasteiger charge is 2.15. The highest BCUT2D eigenvalue weighted by Crippen LogP contribution is 2.18. The van der Waals surface area contributed by atoms with Crippen molar-refractivity contribution < 1.29 is 0 Å². The molecule has 0 aromatic carbocycles. The lowest BCUT2D eigenvalue weighted by molar-refractivity contribution is 0.478. The van der Waals surface area contributed by atoms with Gasteiger partial charge in [-0.15, -0.1) is 0 Å². The summed E-state index contributed by atoms with van der Waals surface area (Å²) in [5, 5.41) is 6.91. The van der Waals surface area contributed by atoms with Crippen molar-refractivity contribution in [3.05, 3.63) is 11.9 Å². The Morgan fingerprint density at radius 2 is 2.00 bits per heavy atom. The molecule has 106 valence electrons. The summed E-state index contributed by atoms with van der Waals surface area (Å²) in [5.74, 6) is 2.75. The summed E-state index contributed by atoms with van der Waals surface area (Å²) in [6.07, 6.45) is 2.30. The molecule has 2 heterocycles. The van der Waals surface area contributed by atoms with Crippen LogP contribution in [0.25, 0.3) is 0 Å². The number of aryl methyl sites for hydroxylation is 1. The molecule has 1 aliphatic rings. The van der Waals surface area contributed by atoms with Crippen LogP contribution in [0.4, 0.5) is 11.6 Å². The lowest BCUT2D eigenvalue weighted by Gasteiger charge is -2.26. The average Bonchev–Trinajstić information content (AvgIpc) is 2.38. The Bertz CT molecular complexity index is 412. The quantitative estimate of drug-likeness (QED) is 0.867. The summed E-state index contributed by atoms with van der Waals surface area (Å²) in [6.45, 7) is 8.45. The van der Waals surface area contributed by atoms with Crippen LogP contribution in [-0.2, 0) is 0 Å². The number of anilines is 2. The van der Waals surface area contributed by atoms with Gasteiger partial charge in [0.15, 0.2) is 0 Å². The molecule has 5 nitrogen and oxygen atoms in total. The van der Waals surface area contributed by atoms with Gasteiger partial charge < -0.3 is 15.5 Å². The lowest BCUT2D eigenvalue weighted by atomic mass is 10.1. The zero-order valence-corrected chi connectivity index (χ0v) is 12.4. The molecule has 19 heavy (non-hydrogen) atoms. The second kappa shape index (κ2) is 6.19. The average molecular weight is 263 g/mol. The maximum atomic E-state index is 4.51. The van der Waals surface area contributed by atoms with Gasteiger partial charge in [0, 0.05) is 25.2 Å². The minimum Gasteiger partial charge on any atom is -0.367 e. The molecule has 2 N–H and O–H groups in total. The van der Waals surface area contributed by atoms with Gasteiger partial charge in [-0.3, -0.25) is 0 Å². The third kappa shape index (κ3) is 3.80. The molecule has 0 unspecified atom stereocenters. The van der Waals surface area contributed by atoms with Crippen LogP contribution >= 0.6 is 0 Å². The number of hydrogen-bond donors (Lipinski definition) is 2. The molecule has 0 aliphatic carbocycles. The van der Waals surface area contributed by atoms with Crippen LogP contribution in [0.3, 0.4) is 0 Å². The van der Waals surface area contributed by atoms with E-state index in [1.807, 2.05) is 6.92 Å². The van der Waals surface area contributed by atoms with Crippen molar-refractivity contribution in [1.29, 1.82) is 0 Å². The Hall–Kier alpha value is -1.36. The van der Waals surface area contributed by atoms with E-state index in [-0.39, 0.29) is 0 Å². The van der Waals surface area contributed by atoms with Crippen LogP contribution in [0.15, 0.2) is 6.07 Å². The standard InChI is InChI=1S/C14H25N5/c1-10(2)19(4)14-9-13(16-11(3)17-14)18-12-5-7-15-8-6-12/h9-10,12,15H,5-8H2,1-4H3,(H,16,17,18). The smallest absolute Gasteiger partial charge is 0.134 e. The summed E-state index contributed by atoms with van der Waals surface area (Å²) in [6, 6.07) is 3.00. The molecule has 0 saturated carbocycles. The number of hydrogen-bond acceptors (Lipinski definition) is 5. The molecule has 1 aromatic heterocycles. The SMILES string of the molecule is Cc1nc(NC2CCNCC2)cc(N(C)C(C)C)n1. The van der Waals surface area contributed by atoms with Crippen LogP contribution in [0.5, 0.6) is 0 Å². The van der Waals surface area contributed by atoms with Crippen molar-refractivity contribution in [1.82, 2.24) is 15.3 Å². The van der Waals surface area contributed by atoms with E-state index in [0.29, 0.717) is 12.1 Å². The Balaban J connectivity index is 2.11. The minimum absolute atomic E-state index is 0.432. The van der Waals surface area contributed by atoms with E-state index in [4.69, 9.17) is 0 Å². The van der Waals surface area contributed by atoms with Gasteiger partial charge in [0.2, 0.25) is 0 Å². The van der Waals surface area contributed by atoms with Gasteiger partial charge in [0.05, 0.1) is 0 Å². The van der Waals surface area contributed by atoms with E-state index in [1.165, 1.54) is 0 Å². The van der Waals surface area contributed by atoms with Crippen LogP contribution in [0.2, 0.25) is 0 Å². The predicted molar refractivity (Wildman–Crippen MR) is 79.8 cm³/mol. The number of rotatable bonds is 4. The van der Waals surface area contributed by atoms with Gasteiger partial charge >= 0.3 is 0 Å². The molecule has 1 aliphatic heterocycles. The van der Waals surface area contributed by atoms with Crippen molar-refractivity contribution in [3.8, 4) is 0 Å². The van der Waals surface area contributed by atoms with E-state index >= 15 is 0 Å². The zero-order valence-electron chi connectivity index (χ0n) is 12.4. The van der Waals surface area contributed by atoms with Crippen molar-refractivity contribution in [2.24, 2.45) is 0 Å². The predicted octanol–water partition coefficient (Wildman–Crippen LogP) is 1.79. The van der Waals surface area contributed by atoms with E-state index < -0.39 is 0 Å². The summed E-state index contributed by atoms with van der Waals surface area (Å²) < 4.78 is 0. The first-order valence-corrected chi connectivity index (χ1v) is 7.12. The Labute approximate surface area is 115 Å². The molecule has 0 bridgehead atoms. The summed E-state index contributed by atoms with van der Waals surface area (Å²) >= 11 is 0. The maximum absolute atomic E-state index is 4.51. The first kappa shape index (κ1) is 14.1. The number of nitrogens with zero attached hydrogens (tertiary/aromatic N) is 3. The van der Waals surface area contributed by atoms with E-state index in [2.05, 4.69) is 52.5 Å². The number of piperidine rings is 1. The fourth-order valence-corrected chi connectivity index (χ4v) is 2.25. The third-order valence-electron chi connectivity index (χ3n) is 3.65. The molecular formula is C14H25N5. The minimum atomic E-state index is 0.432. The fourth-order valence-electron chi connectivity index (χ4n) is 2.25. The molecule has 2 rings (SSSR count). The Morgan fingerprint density at radius 1 is 1.32 bits per heavy atom. The summed E-state index contributed by atoms with van der Waals surface area (Å²) in [5.41, 5.74) is 0. The lowest BCUT2D eigenvalue weighted by Crippen LogP contribution is -2.35. The summed E-state index contributed by atoms with van der Waals surface area (Å²) in [7, 11) is 2.07. The highest BCUT2D eigenvalue weighted by atomic mass is 15.2. The van der Waals surface area contributed by atoms with Gasteiger partial charge in [-0.2, -0.15) is 0 Å². The second-order valence-electron chi connectivity index (χ2n) is 5.53. The third-order valence-corrected chi connectivity index (χ3v) is 3.65. The van der Waals surface area contributed by atoms with Gasteiger partial charge in [0.25, 0.3) is 0 Å². The first-order valence-electron chi connectivity index (χ1n) is 7.12. The van der Waals surface area contributed by atoms with Crippen LogP contribution in [-0.4, -0.2) is 42.2 Å². The van der Waals surface area contributed by atoms with Crippen LogP contribution in [0.1, 0.15) is 32.5 Å². The van der Waals surface area contributed by atoms with E-state index in [0.717, 1.165) is 43.4 Å². The Morgan fingerprint density at radius 3 is 2.63 bits per heavy atom. The van der Waals surface area contributed by atoms with Gasteiger partial charge in [-0.1, -0.05) is 0 Å². The van der Waals surface area contributed by atoms with Gasteiger partial charge in [-0.25, -0.2) is 9.97 Å². The number of aromatic nitrogens is 2. The normalized spacial score (nSPS) is 16.7. The monoisotopic (exact) mass is 263 g/mol. The van der Waals surface area contributed by atoms with Crippen LogP contribution in [0, 0.1) is 6.92 Å². The van der Waals surface area contributed by atoms with Crippen molar-refractivity contribution in [2.45, 2.75) is 45.7 Å². The van der Waals surface area contributed by atoms with Crippen molar-refractivity contribution >= 4 is 11.6 Å². The topological polar surface area (TPSA) is 53.1 Å². The van der Waals surface area contributed by atoms with Gasteiger partial charge in [0.1, 0.15) is 17.5 Å². The molecule has 0 atom stereocenters. The molecular weight excluding hydrogens is 238 g/mol. The molecule has 0 radical (unpaired) electrons. The van der Waals surface area contributed by atoms with Crippen molar-refractivity contribution in [2.75, 3.05) is 30.4 Å². The van der Waals surface area contributed by atoms with Crippen molar-refractivity contribution in [3.63, 3.8) is 0 Å². The molecule has 1 saturated heterocycles. The van der Waals surface area contributed by atoms with E-state index in [9.17, 15) is 0 Å². The van der Waals surface area contributed by atoms with Gasteiger partial charge in [-0.05, 0) is 46.7 Å². The summed E-state index contributed by atoms with van der Waals surface area (Å²) in [4.78, 5) is 11.2. The fraction of sp³-hybridized carbons (Fsp3) is 0.714. The first-order chi connectivity index (χ1) is 9.06. The molecule has 1 fully saturated rings. The Kier molecular flexibility index (Phi) is 4.58. The zero-order chi connectivity index (χ0) is 13.8. The second-order valence-corrected chi connectivity index (χ2v) is 5.53. The molecule has 1 aromatic rings. The van der Waals surface area contributed by atoms with E-state index in [1.54, 1.807) is 0 Å². The van der Waals surface area contributed by atoms with Crippen LogP contribution < -0.4 is 15.5 Å².